The molecule has 1 aromatic heterocycles. The second-order valence-electron chi connectivity index (χ2n) is 7.86. The van der Waals surface area contributed by atoms with Gasteiger partial charge in [0.25, 0.3) is 5.91 Å². The van der Waals surface area contributed by atoms with Crippen LogP contribution in [0.3, 0.4) is 0 Å². The van der Waals surface area contributed by atoms with Gasteiger partial charge in [0.1, 0.15) is 0 Å². The predicted molar refractivity (Wildman–Crippen MR) is 132 cm³/mol. The fourth-order valence-electron chi connectivity index (χ4n) is 3.93. The Labute approximate surface area is 208 Å². The lowest BCUT2D eigenvalue weighted by molar-refractivity contribution is 0.0984. The first kappa shape index (κ1) is 23.7. The van der Waals surface area contributed by atoms with Crippen LogP contribution in [0, 0.1) is 0 Å². The quantitative estimate of drug-likeness (QED) is 0.340. The summed E-state index contributed by atoms with van der Waals surface area (Å²) in [6, 6.07) is 12.4. The van der Waals surface area contributed by atoms with Crippen LogP contribution in [-0.4, -0.2) is 24.1 Å². The number of ether oxygens (including phenoxy) is 2. The van der Waals surface area contributed by atoms with Crippen LogP contribution in [0.4, 0.5) is 5.69 Å². The molecule has 5 nitrogen and oxygen atoms in total. The second-order valence-corrected chi connectivity index (χ2v) is 9.11. The molecule has 0 atom stereocenters. The third kappa shape index (κ3) is 5.55. The summed E-state index contributed by atoms with van der Waals surface area (Å²) in [6.45, 7) is 0.240. The molecule has 33 heavy (non-hydrogen) atoms. The molecule has 1 amide bonds. The van der Waals surface area contributed by atoms with Crippen LogP contribution in [0.2, 0.25) is 15.1 Å². The molecule has 8 heteroatoms. The van der Waals surface area contributed by atoms with Crippen molar-refractivity contribution in [3.8, 4) is 11.5 Å². The van der Waals surface area contributed by atoms with E-state index in [9.17, 15) is 4.79 Å². The summed E-state index contributed by atoms with van der Waals surface area (Å²) >= 11 is 18.9. The van der Waals surface area contributed by atoms with Gasteiger partial charge >= 0.3 is 0 Å². The highest BCUT2D eigenvalue weighted by Gasteiger charge is 2.25. The van der Waals surface area contributed by atoms with Gasteiger partial charge < -0.3 is 14.4 Å². The number of hydrogen-bond acceptors (Lipinski definition) is 4. The van der Waals surface area contributed by atoms with Gasteiger partial charge in [-0.05, 0) is 61.6 Å². The number of aromatic nitrogens is 1. The SMILES string of the molecule is COc1ccc(C(=O)N(Cc2ccc(Cl)cc2)c2c(Cl)cncc2Cl)cc1OC1CCCC1. The van der Waals surface area contributed by atoms with Crippen molar-refractivity contribution in [2.75, 3.05) is 12.0 Å². The summed E-state index contributed by atoms with van der Waals surface area (Å²) in [6.07, 6.45) is 7.32. The number of amides is 1. The average Bonchev–Trinajstić information content (AvgIpc) is 3.32. The second kappa shape index (κ2) is 10.6. The Kier molecular flexibility index (Phi) is 7.63. The number of benzene rings is 2. The topological polar surface area (TPSA) is 51.7 Å². The molecule has 0 unspecified atom stereocenters. The van der Waals surface area contributed by atoms with Gasteiger partial charge in [0, 0.05) is 23.0 Å². The number of rotatable bonds is 7. The minimum Gasteiger partial charge on any atom is -0.493 e. The minimum absolute atomic E-state index is 0.124. The van der Waals surface area contributed by atoms with Gasteiger partial charge in [-0.1, -0.05) is 46.9 Å². The first-order valence-corrected chi connectivity index (χ1v) is 11.8. The molecule has 0 bridgehead atoms. The fraction of sp³-hybridized carbons (Fsp3) is 0.280. The smallest absolute Gasteiger partial charge is 0.258 e. The molecule has 172 valence electrons. The van der Waals surface area contributed by atoms with Gasteiger partial charge in [-0.15, -0.1) is 0 Å². The van der Waals surface area contributed by atoms with Crippen LogP contribution < -0.4 is 14.4 Å². The molecule has 0 aliphatic heterocycles. The molecule has 3 aromatic rings. The molecule has 0 N–H and O–H groups in total. The van der Waals surface area contributed by atoms with Gasteiger partial charge in [0.05, 0.1) is 35.5 Å². The van der Waals surface area contributed by atoms with Crippen LogP contribution >= 0.6 is 34.8 Å². The third-order valence-corrected chi connectivity index (χ3v) is 6.41. The number of pyridine rings is 1. The number of nitrogens with zero attached hydrogens (tertiary/aromatic N) is 2. The lowest BCUT2D eigenvalue weighted by atomic mass is 10.1. The summed E-state index contributed by atoms with van der Waals surface area (Å²) in [5.74, 6) is 0.857. The minimum atomic E-state index is -0.279. The molecule has 1 fully saturated rings. The number of halogens is 3. The number of carbonyl (C=O) groups excluding carboxylic acids is 1. The molecule has 0 radical (unpaired) electrons. The lowest BCUT2D eigenvalue weighted by Crippen LogP contribution is -2.31. The Balaban J connectivity index is 1.72. The van der Waals surface area contributed by atoms with Crippen molar-refractivity contribution in [2.45, 2.75) is 38.3 Å². The number of carbonyl (C=O) groups is 1. The van der Waals surface area contributed by atoms with Crippen molar-refractivity contribution in [1.29, 1.82) is 0 Å². The molecule has 1 heterocycles. The highest BCUT2D eigenvalue weighted by atomic mass is 35.5. The van der Waals surface area contributed by atoms with Gasteiger partial charge in [-0.3, -0.25) is 9.78 Å². The Morgan fingerprint density at radius 2 is 1.67 bits per heavy atom. The van der Waals surface area contributed by atoms with E-state index in [1.54, 1.807) is 37.4 Å². The van der Waals surface area contributed by atoms with Crippen molar-refractivity contribution in [2.24, 2.45) is 0 Å². The summed E-state index contributed by atoms with van der Waals surface area (Å²) in [5, 5.41) is 1.17. The lowest BCUT2D eigenvalue weighted by Gasteiger charge is -2.25. The van der Waals surface area contributed by atoms with Crippen LogP contribution in [0.5, 0.6) is 11.5 Å². The highest BCUT2D eigenvalue weighted by molar-refractivity contribution is 6.40. The molecule has 4 rings (SSSR count). The summed E-state index contributed by atoms with van der Waals surface area (Å²) in [4.78, 5) is 19.3. The van der Waals surface area contributed by atoms with Gasteiger partial charge in [0.15, 0.2) is 11.5 Å². The van der Waals surface area contributed by atoms with E-state index in [2.05, 4.69) is 4.98 Å². The van der Waals surface area contributed by atoms with E-state index < -0.39 is 0 Å². The number of methoxy groups -OCH3 is 1. The molecule has 1 aliphatic carbocycles. The predicted octanol–water partition coefficient (Wildman–Crippen LogP) is 7.22. The zero-order valence-corrected chi connectivity index (χ0v) is 20.3. The number of hydrogen-bond donors (Lipinski definition) is 0. The van der Waals surface area contributed by atoms with Crippen LogP contribution in [-0.2, 0) is 6.54 Å². The van der Waals surface area contributed by atoms with Gasteiger partial charge in [-0.25, -0.2) is 0 Å². The van der Waals surface area contributed by atoms with Crippen molar-refractivity contribution < 1.29 is 14.3 Å². The van der Waals surface area contributed by atoms with E-state index in [-0.39, 0.29) is 28.6 Å². The molecular formula is C25H23Cl3N2O3. The summed E-state index contributed by atoms with van der Waals surface area (Å²) in [5.41, 5.74) is 1.69. The van der Waals surface area contributed by atoms with E-state index in [4.69, 9.17) is 44.3 Å². The third-order valence-electron chi connectivity index (χ3n) is 5.60. The normalized spacial score (nSPS) is 13.7. The monoisotopic (exact) mass is 504 g/mol. The number of anilines is 1. The van der Waals surface area contributed by atoms with Gasteiger partial charge in [0.2, 0.25) is 0 Å². The largest absolute Gasteiger partial charge is 0.493 e. The average molecular weight is 506 g/mol. The van der Waals surface area contributed by atoms with E-state index in [1.807, 2.05) is 12.1 Å². The Bertz CT molecular complexity index is 1110. The molecular weight excluding hydrogens is 483 g/mol. The van der Waals surface area contributed by atoms with Crippen LogP contribution in [0.1, 0.15) is 41.6 Å². The molecule has 2 aromatic carbocycles. The maximum atomic E-state index is 13.8. The van der Waals surface area contributed by atoms with Crippen molar-refractivity contribution in [3.63, 3.8) is 0 Å². The standard InChI is InChI=1S/C25H23Cl3N2O3/c1-32-22-11-8-17(12-23(22)33-19-4-2-3-5-19)25(31)30(15-16-6-9-18(26)10-7-16)24-20(27)13-29-14-21(24)28/h6-14,19H,2-5,15H2,1H3. The van der Waals surface area contributed by atoms with E-state index in [0.29, 0.717) is 27.8 Å². The van der Waals surface area contributed by atoms with E-state index in [1.165, 1.54) is 17.3 Å². The maximum Gasteiger partial charge on any atom is 0.258 e. The highest BCUT2D eigenvalue weighted by Crippen LogP contribution is 2.37. The Hall–Kier alpha value is -2.47. The zero-order valence-electron chi connectivity index (χ0n) is 18.1. The molecule has 1 aliphatic rings. The Morgan fingerprint density at radius 3 is 2.30 bits per heavy atom. The first-order chi connectivity index (χ1) is 16.0. The Morgan fingerprint density at radius 1 is 1.00 bits per heavy atom. The molecule has 0 spiro atoms. The summed E-state index contributed by atoms with van der Waals surface area (Å²) < 4.78 is 11.6. The van der Waals surface area contributed by atoms with Crippen molar-refractivity contribution >= 4 is 46.4 Å². The molecule has 1 saturated carbocycles. The fourth-order valence-corrected chi connectivity index (χ4v) is 4.63. The molecule has 0 saturated heterocycles. The van der Waals surface area contributed by atoms with Crippen LogP contribution in [0.25, 0.3) is 0 Å². The zero-order chi connectivity index (χ0) is 23.4. The van der Waals surface area contributed by atoms with Crippen LogP contribution in [0.15, 0.2) is 54.9 Å². The van der Waals surface area contributed by atoms with Crippen molar-refractivity contribution in [3.05, 3.63) is 81.1 Å². The van der Waals surface area contributed by atoms with Crippen molar-refractivity contribution in [1.82, 2.24) is 4.98 Å². The van der Waals surface area contributed by atoms with Gasteiger partial charge in [-0.2, -0.15) is 0 Å². The summed E-state index contributed by atoms with van der Waals surface area (Å²) in [7, 11) is 1.59. The first-order valence-electron chi connectivity index (χ1n) is 10.7. The van der Waals surface area contributed by atoms with E-state index >= 15 is 0 Å². The maximum absolute atomic E-state index is 13.8. The van der Waals surface area contributed by atoms with E-state index in [0.717, 1.165) is 31.2 Å².